The molecule has 1 aliphatic rings. The van der Waals surface area contributed by atoms with Gasteiger partial charge in [0.25, 0.3) is 0 Å². The predicted molar refractivity (Wildman–Crippen MR) is 77.3 cm³/mol. The fourth-order valence-electron chi connectivity index (χ4n) is 2.74. The number of aliphatic hydroxyl groups is 2. The molecule has 0 bridgehead atoms. The first kappa shape index (κ1) is 14.8. The van der Waals surface area contributed by atoms with E-state index in [2.05, 4.69) is 0 Å². The minimum absolute atomic E-state index is 0.105. The number of hydrogen-bond acceptors (Lipinski definition) is 3. The summed E-state index contributed by atoms with van der Waals surface area (Å²) in [6.07, 6.45) is -1.63. The number of benzene rings is 2. The summed E-state index contributed by atoms with van der Waals surface area (Å²) in [6.45, 7) is 1.32. The number of hydrogen-bond donors (Lipinski definition) is 2. The van der Waals surface area contributed by atoms with Gasteiger partial charge in [-0.2, -0.15) is 0 Å². The zero-order valence-corrected chi connectivity index (χ0v) is 11.8. The van der Waals surface area contributed by atoms with E-state index in [0.29, 0.717) is 5.56 Å². The molecule has 0 radical (unpaired) electrons. The highest BCUT2D eigenvalue weighted by Crippen LogP contribution is 2.45. The van der Waals surface area contributed by atoms with Crippen LogP contribution in [0.15, 0.2) is 48.5 Å². The fourth-order valence-corrected chi connectivity index (χ4v) is 2.74. The Morgan fingerprint density at radius 3 is 2.18 bits per heavy atom. The van der Waals surface area contributed by atoms with Crippen molar-refractivity contribution in [3.05, 3.63) is 71.3 Å². The third kappa shape index (κ3) is 2.33. The third-order valence-corrected chi connectivity index (χ3v) is 3.62. The summed E-state index contributed by atoms with van der Waals surface area (Å²) in [5.41, 5.74) is 0.157. The van der Waals surface area contributed by atoms with Crippen molar-refractivity contribution in [1.29, 1.82) is 0 Å². The first-order chi connectivity index (χ1) is 10.4. The minimum Gasteiger partial charge on any atom is -0.364 e. The van der Waals surface area contributed by atoms with Crippen LogP contribution in [0.3, 0.4) is 0 Å². The molecule has 0 aromatic heterocycles. The molecule has 2 aromatic carbocycles. The second-order valence-corrected chi connectivity index (χ2v) is 5.20. The second kappa shape index (κ2) is 5.28. The molecule has 2 unspecified atom stereocenters. The van der Waals surface area contributed by atoms with Crippen LogP contribution in [-0.2, 0) is 4.74 Å². The van der Waals surface area contributed by atoms with Gasteiger partial charge in [-0.3, -0.25) is 0 Å². The van der Waals surface area contributed by atoms with Gasteiger partial charge in [0, 0.05) is 11.1 Å². The lowest BCUT2D eigenvalue weighted by atomic mass is 9.91. The zero-order valence-electron chi connectivity index (χ0n) is 11.8. The highest BCUT2D eigenvalue weighted by atomic mass is 19.1. The smallest absolute Gasteiger partial charge is 0.193 e. The molecule has 114 valence electrons. The van der Waals surface area contributed by atoms with Gasteiger partial charge in [0.1, 0.15) is 11.6 Å². The Morgan fingerprint density at radius 1 is 1.00 bits per heavy atom. The molecule has 3 nitrogen and oxygen atoms in total. The van der Waals surface area contributed by atoms with Crippen molar-refractivity contribution in [1.82, 2.24) is 0 Å². The number of halogens is 2. The Morgan fingerprint density at radius 2 is 1.59 bits per heavy atom. The Hall–Kier alpha value is -2.08. The maximum Gasteiger partial charge on any atom is 0.193 e. The normalized spacial score (nSPS) is 24.9. The fraction of sp³-hybridized carbons (Fsp3) is 0.176. The summed E-state index contributed by atoms with van der Waals surface area (Å²) in [6, 6.07) is 12.0. The number of ether oxygens (including phenoxy) is 1. The lowest BCUT2D eigenvalue weighted by Gasteiger charge is -2.21. The molecular weight excluding hydrogens is 290 g/mol. The Bertz CT molecular complexity index is 719. The molecule has 22 heavy (non-hydrogen) atoms. The van der Waals surface area contributed by atoms with E-state index >= 15 is 0 Å². The maximum atomic E-state index is 14.1. The summed E-state index contributed by atoms with van der Waals surface area (Å²) >= 11 is 0. The highest BCUT2D eigenvalue weighted by Gasteiger charge is 2.44. The van der Waals surface area contributed by atoms with Gasteiger partial charge < -0.3 is 14.9 Å². The van der Waals surface area contributed by atoms with E-state index < -0.39 is 29.3 Å². The van der Waals surface area contributed by atoms with Crippen LogP contribution in [0.25, 0.3) is 11.1 Å². The lowest BCUT2D eigenvalue weighted by molar-refractivity contribution is -0.203. The van der Waals surface area contributed by atoms with Crippen LogP contribution in [0.4, 0.5) is 8.78 Å². The van der Waals surface area contributed by atoms with Crippen LogP contribution in [0, 0.1) is 11.6 Å². The van der Waals surface area contributed by atoms with E-state index in [1.165, 1.54) is 13.0 Å². The van der Waals surface area contributed by atoms with Crippen molar-refractivity contribution in [2.75, 3.05) is 0 Å². The molecular formula is C17H14F2O3. The third-order valence-electron chi connectivity index (χ3n) is 3.62. The number of rotatable bonds is 2. The molecule has 0 saturated carbocycles. The molecule has 3 rings (SSSR count). The predicted octanol–water partition coefficient (Wildman–Crippen LogP) is 2.93. The average Bonchev–Trinajstić information content (AvgIpc) is 2.69. The van der Waals surface area contributed by atoms with Gasteiger partial charge >= 0.3 is 0 Å². The quantitative estimate of drug-likeness (QED) is 0.897. The summed E-state index contributed by atoms with van der Waals surface area (Å²) in [4.78, 5) is 0. The molecule has 2 N–H and O–H groups in total. The SMILES string of the molecule is CC1(O)OC(O)C(c2c(F)cccc2F)=C1c1ccccc1. The van der Waals surface area contributed by atoms with Crippen LogP contribution in [-0.4, -0.2) is 22.3 Å². The van der Waals surface area contributed by atoms with Crippen molar-refractivity contribution in [2.24, 2.45) is 0 Å². The molecule has 1 heterocycles. The number of aliphatic hydroxyl groups excluding tert-OH is 1. The Balaban J connectivity index is 2.33. The molecule has 1 aliphatic heterocycles. The van der Waals surface area contributed by atoms with E-state index in [-0.39, 0.29) is 11.1 Å². The average molecular weight is 304 g/mol. The minimum atomic E-state index is -1.86. The topological polar surface area (TPSA) is 49.7 Å². The monoisotopic (exact) mass is 304 g/mol. The first-order valence-corrected chi connectivity index (χ1v) is 6.74. The van der Waals surface area contributed by atoms with Crippen LogP contribution in [0.2, 0.25) is 0 Å². The van der Waals surface area contributed by atoms with E-state index in [4.69, 9.17) is 4.74 Å². The standard InChI is InChI=1S/C17H14F2O3/c1-17(21)15(10-6-3-2-4-7-10)14(16(20)22-17)13-11(18)8-5-9-12(13)19/h2-9,16,20-21H,1H3. The summed E-state index contributed by atoms with van der Waals surface area (Å²) < 4.78 is 33.3. The van der Waals surface area contributed by atoms with E-state index in [9.17, 15) is 19.0 Å². The zero-order chi connectivity index (χ0) is 15.9. The molecule has 2 atom stereocenters. The first-order valence-electron chi connectivity index (χ1n) is 6.74. The molecule has 0 spiro atoms. The van der Waals surface area contributed by atoms with Crippen molar-refractivity contribution >= 4 is 11.1 Å². The van der Waals surface area contributed by atoms with Gasteiger partial charge in [-0.1, -0.05) is 36.4 Å². The van der Waals surface area contributed by atoms with Crippen LogP contribution >= 0.6 is 0 Å². The lowest BCUT2D eigenvalue weighted by Crippen LogP contribution is -2.27. The molecule has 0 aliphatic carbocycles. The Labute approximate surface area is 126 Å². The van der Waals surface area contributed by atoms with E-state index in [1.54, 1.807) is 30.3 Å². The van der Waals surface area contributed by atoms with E-state index in [0.717, 1.165) is 12.1 Å². The van der Waals surface area contributed by atoms with Crippen LogP contribution in [0.1, 0.15) is 18.1 Å². The van der Waals surface area contributed by atoms with Crippen molar-refractivity contribution < 1.29 is 23.7 Å². The highest BCUT2D eigenvalue weighted by molar-refractivity contribution is 5.96. The molecule has 5 heteroatoms. The van der Waals surface area contributed by atoms with Crippen LogP contribution in [0.5, 0.6) is 0 Å². The summed E-state index contributed by atoms with van der Waals surface area (Å²) in [7, 11) is 0. The molecule has 0 saturated heterocycles. The van der Waals surface area contributed by atoms with Crippen LogP contribution < -0.4 is 0 Å². The largest absolute Gasteiger partial charge is 0.364 e. The van der Waals surface area contributed by atoms with Gasteiger partial charge in [0.2, 0.25) is 0 Å². The van der Waals surface area contributed by atoms with Gasteiger partial charge in [-0.05, 0) is 24.6 Å². The van der Waals surface area contributed by atoms with Crippen molar-refractivity contribution in [3.63, 3.8) is 0 Å². The summed E-state index contributed by atoms with van der Waals surface area (Å²) in [5, 5.41) is 20.5. The van der Waals surface area contributed by atoms with Gasteiger partial charge in [-0.15, -0.1) is 0 Å². The van der Waals surface area contributed by atoms with Crippen molar-refractivity contribution in [3.8, 4) is 0 Å². The second-order valence-electron chi connectivity index (χ2n) is 5.20. The molecule has 0 fully saturated rings. The Kier molecular flexibility index (Phi) is 3.56. The van der Waals surface area contributed by atoms with Gasteiger partial charge in [0.15, 0.2) is 12.1 Å². The van der Waals surface area contributed by atoms with Gasteiger partial charge in [0.05, 0.1) is 5.56 Å². The maximum absolute atomic E-state index is 14.1. The summed E-state index contributed by atoms with van der Waals surface area (Å²) in [5.74, 6) is -3.52. The molecule has 0 amide bonds. The van der Waals surface area contributed by atoms with Gasteiger partial charge in [-0.25, -0.2) is 8.78 Å². The van der Waals surface area contributed by atoms with E-state index in [1.807, 2.05) is 0 Å². The molecule has 2 aromatic rings. The van der Waals surface area contributed by atoms with Crippen molar-refractivity contribution in [2.45, 2.75) is 19.0 Å².